The van der Waals surface area contributed by atoms with Crippen LogP contribution in [0.3, 0.4) is 0 Å². The summed E-state index contributed by atoms with van der Waals surface area (Å²) < 4.78 is 0. The molecule has 0 aliphatic carbocycles. The van der Waals surface area contributed by atoms with Crippen molar-refractivity contribution in [2.75, 3.05) is 26.2 Å². The number of hydrogen-bond donors (Lipinski definition) is 3. The summed E-state index contributed by atoms with van der Waals surface area (Å²) in [5.74, 6) is -0.567. The average molecular weight is 458 g/mol. The van der Waals surface area contributed by atoms with Gasteiger partial charge < -0.3 is 20.6 Å². The Morgan fingerprint density at radius 3 is 2.67 bits per heavy atom. The van der Waals surface area contributed by atoms with Crippen molar-refractivity contribution in [3.63, 3.8) is 0 Å². The first-order valence-electron chi connectivity index (χ1n) is 12.4. The van der Waals surface area contributed by atoms with Gasteiger partial charge in [0.1, 0.15) is 0 Å². The SMILES string of the molecule is CC(C)CCN1Cc2ccc(C(=O)NCCCC3CCNCC3)cc2CC(CC(=O)O)C1=O. The highest BCUT2D eigenvalue weighted by Gasteiger charge is 2.31. The first kappa shape index (κ1) is 25.2. The second kappa shape index (κ2) is 12.2. The van der Waals surface area contributed by atoms with E-state index in [4.69, 9.17) is 0 Å². The fourth-order valence-corrected chi connectivity index (χ4v) is 4.84. The van der Waals surface area contributed by atoms with Gasteiger partial charge in [-0.05, 0) is 86.7 Å². The van der Waals surface area contributed by atoms with Crippen molar-refractivity contribution < 1.29 is 19.5 Å². The average Bonchev–Trinajstić information content (AvgIpc) is 2.91. The van der Waals surface area contributed by atoms with Gasteiger partial charge in [0.2, 0.25) is 5.91 Å². The van der Waals surface area contributed by atoms with Gasteiger partial charge in [-0.3, -0.25) is 14.4 Å². The van der Waals surface area contributed by atoms with Crippen molar-refractivity contribution in [2.24, 2.45) is 17.8 Å². The zero-order valence-corrected chi connectivity index (χ0v) is 20.1. The number of nitrogens with zero attached hydrogens (tertiary/aromatic N) is 1. The number of piperidine rings is 1. The largest absolute Gasteiger partial charge is 0.481 e. The van der Waals surface area contributed by atoms with Crippen LogP contribution in [0.15, 0.2) is 18.2 Å². The summed E-state index contributed by atoms with van der Waals surface area (Å²) in [7, 11) is 0. The molecule has 2 heterocycles. The Kier molecular flexibility index (Phi) is 9.30. The number of carboxylic acid groups (broad SMARTS) is 1. The summed E-state index contributed by atoms with van der Waals surface area (Å²) in [4.78, 5) is 39.0. The molecule has 1 fully saturated rings. The Balaban J connectivity index is 1.64. The number of carbonyl (C=O) groups excluding carboxylic acids is 2. The lowest BCUT2D eigenvalue weighted by molar-refractivity contribution is -0.144. The maximum absolute atomic E-state index is 13.1. The molecule has 182 valence electrons. The highest BCUT2D eigenvalue weighted by molar-refractivity contribution is 5.94. The number of fused-ring (bicyclic) bond motifs is 1. The Labute approximate surface area is 197 Å². The number of amides is 2. The van der Waals surface area contributed by atoms with Gasteiger partial charge in [0.15, 0.2) is 0 Å². The molecule has 2 amide bonds. The van der Waals surface area contributed by atoms with Gasteiger partial charge >= 0.3 is 5.97 Å². The summed E-state index contributed by atoms with van der Waals surface area (Å²) in [5.41, 5.74) is 2.49. The van der Waals surface area contributed by atoms with Crippen LogP contribution in [-0.4, -0.2) is 54.0 Å². The molecule has 0 aromatic heterocycles. The zero-order chi connectivity index (χ0) is 23.8. The van der Waals surface area contributed by atoms with Crippen LogP contribution in [0.4, 0.5) is 0 Å². The first-order chi connectivity index (χ1) is 15.8. The molecule has 3 N–H and O–H groups in total. The Hall–Kier alpha value is -2.41. The van der Waals surface area contributed by atoms with Gasteiger partial charge in [-0.1, -0.05) is 19.9 Å². The Morgan fingerprint density at radius 2 is 1.97 bits per heavy atom. The zero-order valence-electron chi connectivity index (χ0n) is 20.1. The van der Waals surface area contributed by atoms with Crippen LogP contribution in [0, 0.1) is 17.8 Å². The smallest absolute Gasteiger partial charge is 0.304 e. The van der Waals surface area contributed by atoms with Crippen LogP contribution in [0.1, 0.15) is 73.9 Å². The minimum absolute atomic E-state index is 0.0989. The molecular formula is C26H39N3O4. The van der Waals surface area contributed by atoms with Crippen molar-refractivity contribution in [1.82, 2.24) is 15.5 Å². The van der Waals surface area contributed by atoms with Crippen LogP contribution in [0.5, 0.6) is 0 Å². The third-order valence-corrected chi connectivity index (χ3v) is 6.89. The van der Waals surface area contributed by atoms with Gasteiger partial charge in [0.05, 0.1) is 12.3 Å². The van der Waals surface area contributed by atoms with Gasteiger partial charge in [-0.25, -0.2) is 0 Å². The lowest BCUT2D eigenvalue weighted by Crippen LogP contribution is -2.36. The molecule has 1 saturated heterocycles. The molecule has 7 nitrogen and oxygen atoms in total. The van der Waals surface area contributed by atoms with Gasteiger partial charge in [-0.15, -0.1) is 0 Å². The summed E-state index contributed by atoms with van der Waals surface area (Å²) in [6.07, 6.45) is 5.57. The van der Waals surface area contributed by atoms with Crippen molar-refractivity contribution in [2.45, 2.75) is 65.3 Å². The summed E-state index contributed by atoms with van der Waals surface area (Å²) >= 11 is 0. The van der Waals surface area contributed by atoms with Crippen LogP contribution >= 0.6 is 0 Å². The number of nitrogens with one attached hydrogen (secondary N) is 2. The maximum atomic E-state index is 13.1. The molecule has 1 aromatic carbocycles. The van der Waals surface area contributed by atoms with E-state index in [0.717, 1.165) is 49.4 Å². The molecule has 1 atom stereocenters. The first-order valence-corrected chi connectivity index (χ1v) is 12.4. The molecule has 0 bridgehead atoms. The van der Waals surface area contributed by atoms with Crippen molar-refractivity contribution in [3.8, 4) is 0 Å². The van der Waals surface area contributed by atoms with Gasteiger partial charge in [0, 0.05) is 25.2 Å². The summed E-state index contributed by atoms with van der Waals surface area (Å²) in [6.45, 7) is 8.15. The lowest BCUT2D eigenvalue weighted by atomic mass is 9.92. The van der Waals surface area contributed by atoms with Crippen molar-refractivity contribution in [1.29, 1.82) is 0 Å². The predicted octanol–water partition coefficient (Wildman–Crippen LogP) is 3.22. The highest BCUT2D eigenvalue weighted by atomic mass is 16.4. The Morgan fingerprint density at radius 1 is 1.21 bits per heavy atom. The molecule has 1 unspecified atom stereocenters. The predicted molar refractivity (Wildman–Crippen MR) is 128 cm³/mol. The molecule has 7 heteroatoms. The molecule has 1 aromatic rings. The van der Waals surface area contributed by atoms with E-state index in [1.54, 1.807) is 4.90 Å². The third kappa shape index (κ3) is 7.56. The fourth-order valence-electron chi connectivity index (χ4n) is 4.84. The third-order valence-electron chi connectivity index (χ3n) is 6.89. The van der Waals surface area contributed by atoms with Crippen LogP contribution < -0.4 is 10.6 Å². The molecule has 0 saturated carbocycles. The number of rotatable bonds is 10. The lowest BCUT2D eigenvalue weighted by Gasteiger charge is -2.24. The van der Waals surface area contributed by atoms with E-state index >= 15 is 0 Å². The number of aliphatic carboxylic acids is 1. The van der Waals surface area contributed by atoms with E-state index in [9.17, 15) is 19.5 Å². The fraction of sp³-hybridized carbons (Fsp3) is 0.654. The number of carboxylic acids is 1. The van der Waals surface area contributed by atoms with E-state index in [1.807, 2.05) is 18.2 Å². The second-order valence-electron chi connectivity index (χ2n) is 10.0. The minimum Gasteiger partial charge on any atom is -0.481 e. The Bertz CT molecular complexity index is 833. The quantitative estimate of drug-likeness (QED) is 0.469. The van der Waals surface area contributed by atoms with Crippen LogP contribution in [-0.2, 0) is 22.6 Å². The normalized spacial score (nSPS) is 19.3. The molecule has 3 rings (SSSR count). The van der Waals surface area contributed by atoms with E-state index in [0.29, 0.717) is 37.5 Å². The molecule has 33 heavy (non-hydrogen) atoms. The standard InChI is InChI=1S/C26H39N3O4/c1-18(2)9-13-29-17-21-6-5-20(14-22(21)15-23(26(29)33)16-24(30)31)25(32)28-10-3-4-19-7-11-27-12-8-19/h5-6,14,18-19,23,27H,3-4,7-13,15-17H2,1-2H3,(H,28,32)(H,30,31). The number of carbonyl (C=O) groups is 3. The van der Waals surface area contributed by atoms with E-state index in [2.05, 4.69) is 24.5 Å². The van der Waals surface area contributed by atoms with Gasteiger partial charge in [-0.2, -0.15) is 0 Å². The highest BCUT2D eigenvalue weighted by Crippen LogP contribution is 2.27. The summed E-state index contributed by atoms with van der Waals surface area (Å²) in [5, 5.41) is 15.8. The van der Waals surface area contributed by atoms with Crippen molar-refractivity contribution >= 4 is 17.8 Å². The van der Waals surface area contributed by atoms with Crippen LogP contribution in [0.25, 0.3) is 0 Å². The minimum atomic E-state index is -0.969. The maximum Gasteiger partial charge on any atom is 0.304 e. The summed E-state index contributed by atoms with van der Waals surface area (Å²) in [6, 6.07) is 5.60. The monoisotopic (exact) mass is 457 g/mol. The van der Waals surface area contributed by atoms with E-state index in [-0.39, 0.29) is 18.2 Å². The molecule has 2 aliphatic rings. The van der Waals surface area contributed by atoms with Gasteiger partial charge in [0.25, 0.3) is 5.91 Å². The van der Waals surface area contributed by atoms with E-state index < -0.39 is 11.9 Å². The van der Waals surface area contributed by atoms with Crippen molar-refractivity contribution in [3.05, 3.63) is 34.9 Å². The van der Waals surface area contributed by atoms with Crippen LogP contribution in [0.2, 0.25) is 0 Å². The molecular weight excluding hydrogens is 418 g/mol. The number of hydrogen-bond acceptors (Lipinski definition) is 4. The molecule has 2 aliphatic heterocycles. The second-order valence-corrected chi connectivity index (χ2v) is 10.0. The molecule has 0 spiro atoms. The van der Waals surface area contributed by atoms with E-state index in [1.165, 1.54) is 12.8 Å². The topological polar surface area (TPSA) is 98.7 Å². The number of benzene rings is 1. The molecule has 0 radical (unpaired) electrons.